The fraction of sp³-hybridized carbons (Fsp3) is 0.348. The fourth-order valence-corrected chi connectivity index (χ4v) is 4.87. The minimum Gasteiger partial charge on any atom is -0.480 e. The van der Waals surface area contributed by atoms with Gasteiger partial charge in [-0.25, -0.2) is 0 Å². The number of carbonyl (C=O) groups is 2. The zero-order chi connectivity index (χ0) is 21.0. The van der Waals surface area contributed by atoms with Crippen LogP contribution in [0.5, 0.6) is 0 Å². The van der Waals surface area contributed by atoms with Crippen molar-refractivity contribution in [1.29, 1.82) is 5.26 Å². The van der Waals surface area contributed by atoms with Gasteiger partial charge in [-0.1, -0.05) is 59.3 Å². The molecule has 0 saturated carbocycles. The quantitative estimate of drug-likeness (QED) is 0.661. The Balaban J connectivity index is 2.00. The number of carbonyl (C=O) groups excluding carboxylic acids is 1. The van der Waals surface area contributed by atoms with Crippen molar-refractivity contribution in [3.8, 4) is 6.07 Å². The van der Waals surface area contributed by atoms with Gasteiger partial charge in [0.15, 0.2) is 5.78 Å². The topological polar surface area (TPSA) is 81.4 Å². The first-order chi connectivity index (χ1) is 13.9. The molecule has 1 aliphatic heterocycles. The lowest BCUT2D eigenvalue weighted by molar-refractivity contribution is -0.164. The number of benzene rings is 2. The first-order valence-electron chi connectivity index (χ1n) is 9.65. The molecule has 3 rings (SSSR count). The summed E-state index contributed by atoms with van der Waals surface area (Å²) in [5, 5.41) is 19.4. The highest BCUT2D eigenvalue weighted by Gasteiger charge is 2.55. The monoisotopic (exact) mass is 454 g/mol. The highest BCUT2D eigenvalue weighted by Crippen LogP contribution is 2.40. The average molecular weight is 455 g/mol. The van der Waals surface area contributed by atoms with Gasteiger partial charge in [0, 0.05) is 30.0 Å². The first-order valence-corrected chi connectivity index (χ1v) is 10.4. The zero-order valence-corrected chi connectivity index (χ0v) is 17.9. The number of piperidine rings is 1. The summed E-state index contributed by atoms with van der Waals surface area (Å²) in [5.74, 6) is -1.30. The average Bonchev–Trinajstić information content (AvgIpc) is 2.72. The van der Waals surface area contributed by atoms with Crippen LogP contribution in [-0.4, -0.2) is 34.3 Å². The predicted molar refractivity (Wildman–Crippen MR) is 113 cm³/mol. The minimum atomic E-state index is -1.52. The summed E-state index contributed by atoms with van der Waals surface area (Å²) in [6.07, 6.45) is 0.861. The van der Waals surface area contributed by atoms with Crippen LogP contribution in [0.4, 0.5) is 0 Å². The normalized spacial score (nSPS) is 22.2. The SMILES string of the molecule is CCC1N(Cc2ccccc2)CCC(=O)C1(Cc1ccc(C#N)cc1Br)C(=O)O. The van der Waals surface area contributed by atoms with Crippen molar-refractivity contribution < 1.29 is 14.7 Å². The van der Waals surface area contributed by atoms with Gasteiger partial charge >= 0.3 is 5.97 Å². The zero-order valence-electron chi connectivity index (χ0n) is 16.3. The molecule has 1 N–H and O–H groups in total. The lowest BCUT2D eigenvalue weighted by atomic mass is 9.67. The van der Waals surface area contributed by atoms with Crippen LogP contribution in [0.2, 0.25) is 0 Å². The third kappa shape index (κ3) is 4.12. The van der Waals surface area contributed by atoms with Gasteiger partial charge in [-0.2, -0.15) is 5.26 Å². The van der Waals surface area contributed by atoms with Gasteiger partial charge in [0.05, 0.1) is 11.6 Å². The van der Waals surface area contributed by atoms with Crippen molar-refractivity contribution in [1.82, 2.24) is 4.90 Å². The largest absolute Gasteiger partial charge is 0.480 e. The number of ketones is 1. The van der Waals surface area contributed by atoms with Gasteiger partial charge < -0.3 is 5.11 Å². The Bertz CT molecular complexity index is 954. The molecule has 0 bridgehead atoms. The Morgan fingerprint density at radius 1 is 1.31 bits per heavy atom. The van der Waals surface area contributed by atoms with E-state index in [0.717, 1.165) is 11.1 Å². The summed E-state index contributed by atoms with van der Waals surface area (Å²) in [6, 6.07) is 16.6. The van der Waals surface area contributed by atoms with Crippen molar-refractivity contribution in [2.75, 3.05) is 6.54 Å². The summed E-state index contributed by atoms with van der Waals surface area (Å²) in [4.78, 5) is 27.8. The molecule has 1 fully saturated rings. The van der Waals surface area contributed by atoms with Crippen LogP contribution in [-0.2, 0) is 22.6 Å². The van der Waals surface area contributed by atoms with Gasteiger partial charge in [-0.15, -0.1) is 0 Å². The maximum atomic E-state index is 13.1. The molecule has 2 unspecified atom stereocenters. The molecule has 2 atom stereocenters. The predicted octanol–water partition coefficient (Wildman–Crippen LogP) is 4.19. The number of aliphatic carboxylic acids is 1. The number of hydrogen-bond donors (Lipinski definition) is 1. The van der Waals surface area contributed by atoms with Crippen LogP contribution < -0.4 is 0 Å². The molecule has 1 heterocycles. The van der Waals surface area contributed by atoms with Crippen LogP contribution in [0.3, 0.4) is 0 Å². The molecule has 5 nitrogen and oxygen atoms in total. The van der Waals surface area contributed by atoms with Crippen molar-refractivity contribution in [3.63, 3.8) is 0 Å². The van der Waals surface area contributed by atoms with Crippen LogP contribution in [0, 0.1) is 16.7 Å². The number of carboxylic acids is 1. The van der Waals surface area contributed by atoms with Gasteiger partial charge in [-0.3, -0.25) is 14.5 Å². The molecular weight excluding hydrogens is 432 g/mol. The molecule has 29 heavy (non-hydrogen) atoms. The van der Waals surface area contributed by atoms with Crippen molar-refractivity contribution in [2.24, 2.45) is 5.41 Å². The van der Waals surface area contributed by atoms with Crippen LogP contribution in [0.1, 0.15) is 36.5 Å². The van der Waals surface area contributed by atoms with E-state index in [9.17, 15) is 14.7 Å². The van der Waals surface area contributed by atoms with Gasteiger partial charge in [-0.05, 0) is 36.1 Å². The Kier molecular flexibility index (Phi) is 6.51. The van der Waals surface area contributed by atoms with Crippen molar-refractivity contribution in [2.45, 2.75) is 38.8 Å². The number of Topliss-reactive ketones (excluding diaryl/α,β-unsaturated/α-hetero) is 1. The van der Waals surface area contributed by atoms with E-state index in [2.05, 4.69) is 26.9 Å². The van der Waals surface area contributed by atoms with Crippen LogP contribution in [0.15, 0.2) is 53.0 Å². The van der Waals surface area contributed by atoms with Gasteiger partial charge in [0.1, 0.15) is 5.41 Å². The number of carboxylic acid groups (broad SMARTS) is 1. The van der Waals surface area contributed by atoms with Gasteiger partial charge in [0.2, 0.25) is 0 Å². The maximum Gasteiger partial charge on any atom is 0.319 e. The molecule has 2 aromatic carbocycles. The molecule has 0 aromatic heterocycles. The Hall–Kier alpha value is -2.49. The highest BCUT2D eigenvalue weighted by molar-refractivity contribution is 9.10. The van der Waals surface area contributed by atoms with E-state index in [-0.39, 0.29) is 18.6 Å². The summed E-state index contributed by atoms with van der Waals surface area (Å²) >= 11 is 3.45. The Labute approximate surface area is 179 Å². The number of hydrogen-bond acceptors (Lipinski definition) is 4. The summed E-state index contributed by atoms with van der Waals surface area (Å²) in [6.45, 7) is 3.10. The van der Waals surface area contributed by atoms with Gasteiger partial charge in [0.25, 0.3) is 0 Å². The van der Waals surface area contributed by atoms with Crippen LogP contribution in [0.25, 0.3) is 0 Å². The molecule has 0 spiro atoms. The minimum absolute atomic E-state index is 0.0945. The number of rotatable bonds is 6. The lowest BCUT2D eigenvalue weighted by Gasteiger charge is -2.46. The van der Waals surface area contributed by atoms with Crippen molar-refractivity contribution >= 4 is 27.7 Å². The van der Waals surface area contributed by atoms with E-state index < -0.39 is 17.4 Å². The molecule has 6 heteroatoms. The second kappa shape index (κ2) is 8.89. The summed E-state index contributed by atoms with van der Waals surface area (Å²) in [5.41, 5.74) is 0.787. The molecule has 0 amide bonds. The number of likely N-dealkylation sites (tertiary alicyclic amines) is 1. The summed E-state index contributed by atoms with van der Waals surface area (Å²) < 4.78 is 0.653. The van der Waals surface area contributed by atoms with Crippen molar-refractivity contribution in [3.05, 3.63) is 69.7 Å². The standard InChI is InChI=1S/C23H23BrN2O3/c1-2-20-23(22(28)29,13-18-9-8-17(14-25)12-19(18)24)21(27)10-11-26(20)15-16-6-4-3-5-7-16/h3-9,12,20H,2,10-11,13,15H2,1H3,(H,28,29). The first kappa shape index (κ1) is 21.2. The summed E-state index contributed by atoms with van der Waals surface area (Å²) in [7, 11) is 0. The molecule has 2 aromatic rings. The Morgan fingerprint density at radius 2 is 2.03 bits per heavy atom. The fourth-order valence-electron chi connectivity index (χ4n) is 4.35. The number of halogens is 1. The Morgan fingerprint density at radius 3 is 2.62 bits per heavy atom. The molecule has 1 saturated heterocycles. The van der Waals surface area contributed by atoms with E-state index in [1.54, 1.807) is 18.2 Å². The molecule has 0 aliphatic carbocycles. The lowest BCUT2D eigenvalue weighted by Crippen LogP contribution is -2.61. The third-order valence-corrected chi connectivity index (χ3v) is 6.52. The molecule has 0 radical (unpaired) electrons. The molecular formula is C23H23BrN2O3. The second-order valence-electron chi connectivity index (χ2n) is 7.42. The third-order valence-electron chi connectivity index (χ3n) is 5.78. The second-order valence-corrected chi connectivity index (χ2v) is 8.28. The maximum absolute atomic E-state index is 13.1. The van der Waals surface area contributed by atoms with E-state index in [0.29, 0.717) is 29.5 Å². The smallest absolute Gasteiger partial charge is 0.319 e. The number of nitrogens with zero attached hydrogens (tertiary/aromatic N) is 2. The molecule has 150 valence electrons. The van der Waals surface area contributed by atoms with E-state index >= 15 is 0 Å². The molecule has 1 aliphatic rings. The van der Waals surface area contributed by atoms with E-state index in [1.165, 1.54) is 0 Å². The van der Waals surface area contributed by atoms with Crippen LogP contribution >= 0.6 is 15.9 Å². The number of nitriles is 1. The van der Waals surface area contributed by atoms with E-state index in [1.807, 2.05) is 37.3 Å². The highest BCUT2D eigenvalue weighted by atomic mass is 79.9. The van der Waals surface area contributed by atoms with E-state index in [4.69, 9.17) is 5.26 Å².